The van der Waals surface area contributed by atoms with Gasteiger partial charge in [0.25, 0.3) is 0 Å². The minimum Gasteiger partial charge on any atom is -0.468 e. The highest BCUT2D eigenvalue weighted by Crippen LogP contribution is 2.20. The number of hydrogen-bond donors (Lipinski definition) is 1. The van der Waals surface area contributed by atoms with Crippen molar-refractivity contribution in [3.05, 3.63) is 34.9 Å². The van der Waals surface area contributed by atoms with Gasteiger partial charge in [-0.2, -0.15) is 11.8 Å². The maximum atomic E-state index is 11.7. The maximum Gasteiger partial charge on any atom is 0.326 e. The fourth-order valence-corrected chi connectivity index (χ4v) is 3.16. The fourth-order valence-electron chi connectivity index (χ4n) is 1.98. The standard InChI is InChI=1S/C15H23NO2S/c1-11-6-12(2)8-13(7-11)9-19-10-15(3,16-4)14(17)18-5/h6-8,16H,9-10H2,1-5H3. The van der Waals surface area contributed by atoms with Crippen molar-refractivity contribution < 1.29 is 9.53 Å². The number of esters is 1. The average Bonchev–Trinajstić information content (AvgIpc) is 2.36. The number of likely N-dealkylation sites (N-methyl/N-ethyl adjacent to an activating group) is 1. The van der Waals surface area contributed by atoms with Crippen molar-refractivity contribution in [3.63, 3.8) is 0 Å². The van der Waals surface area contributed by atoms with Gasteiger partial charge >= 0.3 is 5.97 Å². The summed E-state index contributed by atoms with van der Waals surface area (Å²) < 4.78 is 4.83. The van der Waals surface area contributed by atoms with Crippen molar-refractivity contribution in [2.45, 2.75) is 32.1 Å². The third-order valence-corrected chi connectivity index (χ3v) is 4.45. The Hall–Kier alpha value is -1.00. The molecule has 0 fully saturated rings. The number of benzene rings is 1. The summed E-state index contributed by atoms with van der Waals surface area (Å²) in [5.41, 5.74) is 3.23. The van der Waals surface area contributed by atoms with Gasteiger partial charge in [0, 0.05) is 11.5 Å². The second kappa shape index (κ2) is 6.96. The first-order chi connectivity index (χ1) is 8.91. The third-order valence-electron chi connectivity index (χ3n) is 3.13. The second-order valence-corrected chi connectivity index (χ2v) is 6.05. The number of aryl methyl sites for hydroxylation is 2. The zero-order valence-electron chi connectivity index (χ0n) is 12.4. The molecule has 1 rings (SSSR count). The molecular formula is C15H23NO2S. The lowest BCUT2D eigenvalue weighted by molar-refractivity contribution is -0.146. The van der Waals surface area contributed by atoms with E-state index in [9.17, 15) is 4.79 Å². The lowest BCUT2D eigenvalue weighted by atomic mass is 10.1. The molecule has 0 aromatic heterocycles. The molecule has 0 spiro atoms. The smallest absolute Gasteiger partial charge is 0.326 e. The highest BCUT2D eigenvalue weighted by atomic mass is 32.2. The maximum absolute atomic E-state index is 11.7. The quantitative estimate of drug-likeness (QED) is 0.814. The van der Waals surface area contributed by atoms with Crippen LogP contribution in [0.5, 0.6) is 0 Å². The summed E-state index contributed by atoms with van der Waals surface area (Å²) in [4.78, 5) is 11.7. The second-order valence-electron chi connectivity index (χ2n) is 5.06. The number of thioether (sulfide) groups is 1. The van der Waals surface area contributed by atoms with Crippen LogP contribution in [-0.4, -0.2) is 31.4 Å². The van der Waals surface area contributed by atoms with E-state index in [0.29, 0.717) is 5.75 Å². The molecule has 0 heterocycles. The molecule has 0 aliphatic heterocycles. The summed E-state index contributed by atoms with van der Waals surface area (Å²) in [5, 5.41) is 3.04. The van der Waals surface area contributed by atoms with Crippen molar-refractivity contribution in [1.29, 1.82) is 0 Å². The summed E-state index contributed by atoms with van der Waals surface area (Å²) in [6.07, 6.45) is 0. The van der Waals surface area contributed by atoms with Gasteiger partial charge in [0.15, 0.2) is 0 Å². The molecule has 0 aliphatic carbocycles. The van der Waals surface area contributed by atoms with Gasteiger partial charge in [-0.25, -0.2) is 0 Å². The summed E-state index contributed by atoms with van der Waals surface area (Å²) >= 11 is 1.74. The molecule has 0 saturated heterocycles. The Kier molecular flexibility index (Phi) is 5.88. The number of carbonyl (C=O) groups excluding carboxylic acids is 1. The molecule has 0 saturated carbocycles. The molecule has 1 unspecified atom stereocenters. The van der Waals surface area contributed by atoms with E-state index in [-0.39, 0.29) is 5.97 Å². The van der Waals surface area contributed by atoms with E-state index in [1.165, 1.54) is 23.8 Å². The zero-order valence-corrected chi connectivity index (χ0v) is 13.2. The summed E-state index contributed by atoms with van der Waals surface area (Å²) in [5.74, 6) is 1.36. The monoisotopic (exact) mass is 281 g/mol. The van der Waals surface area contributed by atoms with E-state index in [1.54, 1.807) is 18.8 Å². The Morgan fingerprint density at radius 3 is 2.37 bits per heavy atom. The van der Waals surface area contributed by atoms with Gasteiger partial charge in [0.05, 0.1) is 7.11 Å². The molecule has 106 valence electrons. The van der Waals surface area contributed by atoms with E-state index in [0.717, 1.165) is 5.75 Å². The summed E-state index contributed by atoms with van der Waals surface area (Å²) in [6.45, 7) is 6.08. The molecule has 19 heavy (non-hydrogen) atoms. The summed E-state index contributed by atoms with van der Waals surface area (Å²) in [6, 6.07) is 6.55. The van der Waals surface area contributed by atoms with Crippen molar-refractivity contribution in [3.8, 4) is 0 Å². The van der Waals surface area contributed by atoms with E-state index >= 15 is 0 Å². The van der Waals surface area contributed by atoms with Crippen LogP contribution >= 0.6 is 11.8 Å². The molecule has 3 nitrogen and oxygen atoms in total. The van der Waals surface area contributed by atoms with Crippen molar-refractivity contribution >= 4 is 17.7 Å². The molecule has 0 bridgehead atoms. The predicted molar refractivity (Wildman–Crippen MR) is 81.6 cm³/mol. The molecule has 0 aliphatic rings. The van der Waals surface area contributed by atoms with E-state index in [1.807, 2.05) is 6.92 Å². The van der Waals surface area contributed by atoms with Crippen LogP contribution in [0, 0.1) is 13.8 Å². The van der Waals surface area contributed by atoms with E-state index in [4.69, 9.17) is 4.74 Å². The number of carbonyl (C=O) groups is 1. The van der Waals surface area contributed by atoms with Crippen LogP contribution in [0.4, 0.5) is 0 Å². The molecule has 0 radical (unpaired) electrons. The molecule has 0 amide bonds. The van der Waals surface area contributed by atoms with Gasteiger partial charge in [-0.15, -0.1) is 0 Å². The third kappa shape index (κ3) is 4.55. The number of ether oxygens (including phenoxy) is 1. The largest absolute Gasteiger partial charge is 0.468 e. The van der Waals surface area contributed by atoms with Crippen LogP contribution in [0.3, 0.4) is 0 Å². The topological polar surface area (TPSA) is 38.3 Å². The first-order valence-electron chi connectivity index (χ1n) is 6.33. The van der Waals surface area contributed by atoms with Gasteiger partial charge in [-0.05, 0) is 33.4 Å². The lowest BCUT2D eigenvalue weighted by Crippen LogP contribution is -2.50. The molecule has 1 aromatic carbocycles. The lowest BCUT2D eigenvalue weighted by Gasteiger charge is -2.25. The van der Waals surface area contributed by atoms with Gasteiger partial charge < -0.3 is 10.1 Å². The van der Waals surface area contributed by atoms with Gasteiger partial charge in [0.2, 0.25) is 0 Å². The van der Waals surface area contributed by atoms with Crippen molar-refractivity contribution in [2.75, 3.05) is 19.9 Å². The van der Waals surface area contributed by atoms with Crippen LogP contribution in [0.2, 0.25) is 0 Å². The zero-order chi connectivity index (χ0) is 14.5. The normalized spacial score (nSPS) is 13.9. The molecule has 1 aromatic rings. The van der Waals surface area contributed by atoms with Gasteiger partial charge in [0.1, 0.15) is 5.54 Å². The number of methoxy groups -OCH3 is 1. The fraction of sp³-hybridized carbons (Fsp3) is 0.533. The minimum absolute atomic E-state index is 0.220. The highest BCUT2D eigenvalue weighted by Gasteiger charge is 2.32. The van der Waals surface area contributed by atoms with Gasteiger partial charge in [-0.1, -0.05) is 29.3 Å². The first-order valence-corrected chi connectivity index (χ1v) is 7.49. The summed E-state index contributed by atoms with van der Waals surface area (Å²) in [7, 11) is 3.21. The SMILES string of the molecule is CNC(C)(CSCc1cc(C)cc(C)c1)C(=O)OC. The van der Waals surface area contributed by atoms with E-state index < -0.39 is 5.54 Å². The Bertz CT molecular complexity index is 428. The highest BCUT2D eigenvalue weighted by molar-refractivity contribution is 7.98. The van der Waals surface area contributed by atoms with Crippen LogP contribution in [0.1, 0.15) is 23.6 Å². The predicted octanol–water partition coefficient (Wildman–Crippen LogP) is 2.69. The Morgan fingerprint density at radius 2 is 1.89 bits per heavy atom. The van der Waals surface area contributed by atoms with Crippen LogP contribution in [-0.2, 0) is 15.3 Å². The van der Waals surface area contributed by atoms with Crippen molar-refractivity contribution in [1.82, 2.24) is 5.32 Å². The van der Waals surface area contributed by atoms with Crippen LogP contribution < -0.4 is 5.32 Å². The Morgan fingerprint density at radius 1 is 1.32 bits per heavy atom. The minimum atomic E-state index is -0.627. The molecular weight excluding hydrogens is 258 g/mol. The van der Waals surface area contributed by atoms with Crippen LogP contribution in [0.15, 0.2) is 18.2 Å². The molecule has 1 atom stereocenters. The number of nitrogens with one attached hydrogen (secondary N) is 1. The molecule has 1 N–H and O–H groups in total. The Labute approximate surface area is 120 Å². The number of hydrogen-bond acceptors (Lipinski definition) is 4. The van der Waals surface area contributed by atoms with Gasteiger partial charge in [-0.3, -0.25) is 4.79 Å². The number of rotatable bonds is 6. The molecule has 4 heteroatoms. The average molecular weight is 281 g/mol. The first kappa shape index (κ1) is 16.1. The van der Waals surface area contributed by atoms with Crippen molar-refractivity contribution in [2.24, 2.45) is 0 Å². The Balaban J connectivity index is 2.59. The van der Waals surface area contributed by atoms with E-state index in [2.05, 4.69) is 37.4 Å². The van der Waals surface area contributed by atoms with Crippen LogP contribution in [0.25, 0.3) is 0 Å².